The Balaban J connectivity index is 1.53. The van der Waals surface area contributed by atoms with Gasteiger partial charge in [0.05, 0.1) is 23.1 Å². The lowest BCUT2D eigenvalue weighted by atomic mass is 10.2. The molecule has 1 N–H and O–H groups in total. The lowest BCUT2D eigenvalue weighted by Gasteiger charge is -2.10. The lowest BCUT2D eigenvalue weighted by molar-refractivity contribution is -0.113. The molecule has 3 rings (SSSR count). The molecule has 0 atom stereocenters. The van der Waals surface area contributed by atoms with Crippen molar-refractivity contribution in [1.82, 2.24) is 14.8 Å². The van der Waals surface area contributed by atoms with Gasteiger partial charge in [-0.3, -0.25) is 4.79 Å². The van der Waals surface area contributed by atoms with Crippen molar-refractivity contribution in [1.29, 1.82) is 0 Å². The van der Waals surface area contributed by atoms with Gasteiger partial charge in [0.25, 0.3) is 0 Å². The third-order valence-corrected chi connectivity index (χ3v) is 5.78. The summed E-state index contributed by atoms with van der Waals surface area (Å²) in [5.41, 5.74) is 1.71. The molecule has 0 saturated heterocycles. The summed E-state index contributed by atoms with van der Waals surface area (Å²) in [5.74, 6) is 1.80. The van der Waals surface area contributed by atoms with Crippen LogP contribution in [-0.4, -0.2) is 33.0 Å². The highest BCUT2D eigenvalue weighted by molar-refractivity contribution is 7.99. The third kappa shape index (κ3) is 6.60. The molecule has 0 unspecified atom stereocenters. The number of thioether (sulfide) groups is 1. The Hall–Kier alpha value is -2.77. The fourth-order valence-corrected chi connectivity index (χ4v) is 3.88. The summed E-state index contributed by atoms with van der Waals surface area (Å²) in [4.78, 5) is 12.3. The molecule has 0 bridgehead atoms. The van der Waals surface area contributed by atoms with Crippen molar-refractivity contribution in [3.63, 3.8) is 0 Å². The molecule has 3 aromatic rings. The largest absolute Gasteiger partial charge is 0.493 e. The minimum Gasteiger partial charge on any atom is -0.493 e. The van der Waals surface area contributed by atoms with Crippen LogP contribution in [0.15, 0.2) is 66.3 Å². The van der Waals surface area contributed by atoms with Crippen LogP contribution in [0.5, 0.6) is 5.75 Å². The number of anilines is 1. The summed E-state index contributed by atoms with van der Waals surface area (Å²) >= 11 is 7.43. The first-order valence-corrected chi connectivity index (χ1v) is 11.3. The van der Waals surface area contributed by atoms with Gasteiger partial charge in [0.2, 0.25) is 5.91 Å². The number of halogens is 1. The number of ether oxygens (including phenoxy) is 1. The summed E-state index contributed by atoms with van der Waals surface area (Å²) in [6.07, 6.45) is 3.32. The number of hydrogen-bond acceptors (Lipinski definition) is 5. The molecule has 0 aliphatic rings. The first-order valence-electron chi connectivity index (χ1n) is 9.97. The highest BCUT2D eigenvalue weighted by atomic mass is 35.5. The van der Waals surface area contributed by atoms with E-state index in [9.17, 15) is 4.79 Å². The summed E-state index contributed by atoms with van der Waals surface area (Å²) < 4.78 is 7.84. The van der Waals surface area contributed by atoms with Crippen LogP contribution in [0, 0.1) is 6.92 Å². The minimum absolute atomic E-state index is 0.153. The highest BCUT2D eigenvalue weighted by Crippen LogP contribution is 2.22. The summed E-state index contributed by atoms with van der Waals surface area (Å²) in [6.45, 7) is 7.02. The molecule has 1 heterocycles. The Morgan fingerprint density at radius 1 is 1.23 bits per heavy atom. The molecule has 0 fully saturated rings. The number of carbonyl (C=O) groups is 1. The van der Waals surface area contributed by atoms with E-state index in [0.717, 1.165) is 30.0 Å². The molecule has 31 heavy (non-hydrogen) atoms. The fraction of sp³-hybridized carbons (Fsp3) is 0.261. The second-order valence-corrected chi connectivity index (χ2v) is 8.18. The number of rotatable bonds is 11. The summed E-state index contributed by atoms with van der Waals surface area (Å²) in [5, 5.41) is 12.6. The zero-order chi connectivity index (χ0) is 22.1. The molecule has 1 aromatic heterocycles. The van der Waals surface area contributed by atoms with E-state index in [2.05, 4.69) is 22.1 Å². The fourth-order valence-electron chi connectivity index (χ4n) is 2.93. The molecule has 0 aliphatic carbocycles. The molecule has 0 spiro atoms. The summed E-state index contributed by atoms with van der Waals surface area (Å²) in [6, 6.07) is 15.1. The maximum absolute atomic E-state index is 12.3. The number of nitrogens with zero attached hydrogens (tertiary/aromatic N) is 3. The number of benzene rings is 2. The maximum Gasteiger partial charge on any atom is 0.234 e. The highest BCUT2D eigenvalue weighted by Gasteiger charge is 2.14. The van der Waals surface area contributed by atoms with Crippen LogP contribution in [0.25, 0.3) is 0 Å². The first-order chi connectivity index (χ1) is 15.1. The molecule has 8 heteroatoms. The summed E-state index contributed by atoms with van der Waals surface area (Å²) in [7, 11) is 0. The van der Waals surface area contributed by atoms with E-state index in [1.807, 2.05) is 47.9 Å². The number of hydrogen-bond donors (Lipinski definition) is 1. The molecule has 2 aromatic carbocycles. The number of nitrogens with one attached hydrogen (secondary N) is 1. The van der Waals surface area contributed by atoms with Gasteiger partial charge in [0.15, 0.2) is 5.16 Å². The quantitative estimate of drug-likeness (QED) is 0.245. The zero-order valence-electron chi connectivity index (χ0n) is 17.4. The van der Waals surface area contributed by atoms with Gasteiger partial charge >= 0.3 is 0 Å². The van der Waals surface area contributed by atoms with Crippen molar-refractivity contribution in [3.8, 4) is 5.75 Å². The molecule has 1 amide bonds. The van der Waals surface area contributed by atoms with E-state index >= 15 is 0 Å². The molecule has 0 aliphatic heterocycles. The second kappa shape index (κ2) is 11.6. The maximum atomic E-state index is 12.3. The predicted octanol–water partition coefficient (Wildman–Crippen LogP) is 5.17. The van der Waals surface area contributed by atoms with Gasteiger partial charge in [0.1, 0.15) is 11.6 Å². The Labute approximate surface area is 191 Å². The van der Waals surface area contributed by atoms with Gasteiger partial charge in [0, 0.05) is 13.0 Å². The van der Waals surface area contributed by atoms with Crippen LogP contribution >= 0.6 is 23.4 Å². The van der Waals surface area contributed by atoms with E-state index in [4.69, 9.17) is 16.3 Å². The van der Waals surface area contributed by atoms with E-state index in [1.165, 1.54) is 11.8 Å². The Kier molecular flexibility index (Phi) is 8.55. The smallest absolute Gasteiger partial charge is 0.234 e. The average Bonchev–Trinajstić information content (AvgIpc) is 3.14. The van der Waals surface area contributed by atoms with Gasteiger partial charge in [-0.05, 0) is 37.1 Å². The van der Waals surface area contributed by atoms with E-state index < -0.39 is 0 Å². The monoisotopic (exact) mass is 456 g/mol. The second-order valence-electron chi connectivity index (χ2n) is 6.83. The topological polar surface area (TPSA) is 69.0 Å². The van der Waals surface area contributed by atoms with Crippen LogP contribution in [0.4, 0.5) is 5.69 Å². The zero-order valence-corrected chi connectivity index (χ0v) is 19.0. The Morgan fingerprint density at radius 2 is 2.00 bits per heavy atom. The van der Waals surface area contributed by atoms with Crippen LogP contribution in [0.2, 0.25) is 5.02 Å². The van der Waals surface area contributed by atoms with E-state index in [-0.39, 0.29) is 11.7 Å². The molecule has 0 saturated carbocycles. The van der Waals surface area contributed by atoms with Crippen molar-refractivity contribution in [2.45, 2.75) is 31.5 Å². The van der Waals surface area contributed by atoms with E-state index in [1.54, 1.807) is 18.2 Å². The normalized spacial score (nSPS) is 10.6. The van der Waals surface area contributed by atoms with Crippen LogP contribution in [0.1, 0.15) is 17.8 Å². The number of aryl methyl sites for hydroxylation is 2. The van der Waals surface area contributed by atoms with Crippen LogP contribution in [-0.2, 0) is 17.8 Å². The minimum atomic E-state index is -0.153. The first kappa shape index (κ1) is 22.9. The van der Waals surface area contributed by atoms with Gasteiger partial charge < -0.3 is 14.6 Å². The standard InChI is InChI=1S/C23H25ClN4O2S/c1-3-14-28-21(13-8-15-30-20-12-7-4-9-17(20)2)26-27-23(28)31-16-22(29)25-19-11-6-5-10-18(19)24/h3-7,9-12H,1,8,13-16H2,2H3,(H,25,29). The van der Waals surface area contributed by atoms with E-state index in [0.29, 0.717) is 29.0 Å². The lowest BCUT2D eigenvalue weighted by Crippen LogP contribution is -2.15. The average molecular weight is 457 g/mol. The van der Waals surface area contributed by atoms with Gasteiger partial charge in [-0.25, -0.2) is 0 Å². The van der Waals surface area contributed by atoms with Crippen molar-refractivity contribution >= 4 is 35.0 Å². The van der Waals surface area contributed by atoms with Crippen molar-refractivity contribution in [3.05, 3.63) is 77.6 Å². The van der Waals surface area contributed by atoms with Crippen LogP contribution in [0.3, 0.4) is 0 Å². The number of allylic oxidation sites excluding steroid dienone is 1. The van der Waals surface area contributed by atoms with Crippen molar-refractivity contribution in [2.24, 2.45) is 0 Å². The third-order valence-electron chi connectivity index (χ3n) is 4.48. The number of amides is 1. The number of aromatic nitrogens is 3. The predicted molar refractivity (Wildman–Crippen MR) is 126 cm³/mol. The molecule has 0 radical (unpaired) electrons. The number of para-hydroxylation sites is 2. The Bertz CT molecular complexity index is 1040. The number of carbonyl (C=O) groups excluding carboxylic acids is 1. The van der Waals surface area contributed by atoms with Crippen molar-refractivity contribution in [2.75, 3.05) is 17.7 Å². The van der Waals surface area contributed by atoms with Gasteiger partial charge in [-0.1, -0.05) is 59.8 Å². The molecular formula is C23H25ClN4O2S. The molecular weight excluding hydrogens is 432 g/mol. The Morgan fingerprint density at radius 3 is 2.77 bits per heavy atom. The van der Waals surface area contributed by atoms with Gasteiger partial charge in [-0.2, -0.15) is 0 Å². The van der Waals surface area contributed by atoms with Crippen LogP contribution < -0.4 is 10.1 Å². The molecule has 6 nitrogen and oxygen atoms in total. The van der Waals surface area contributed by atoms with Crippen molar-refractivity contribution < 1.29 is 9.53 Å². The van der Waals surface area contributed by atoms with Gasteiger partial charge in [-0.15, -0.1) is 16.8 Å². The SMILES string of the molecule is C=CCn1c(CCCOc2ccccc2C)nnc1SCC(=O)Nc1ccccc1Cl. The molecule has 162 valence electrons.